The maximum absolute atomic E-state index is 9.16. The zero-order valence-electron chi connectivity index (χ0n) is 7.29. The molecule has 0 saturated carbocycles. The topological polar surface area (TPSA) is 20.2 Å². The van der Waals surface area contributed by atoms with Crippen molar-refractivity contribution < 1.29 is 5.11 Å². The minimum Gasteiger partial charge on any atom is -0.392 e. The fraction of sp³-hybridized carbons (Fsp3) is 0.333. The van der Waals surface area contributed by atoms with E-state index in [9.17, 15) is 0 Å². The fourth-order valence-corrected chi connectivity index (χ4v) is 3.40. The van der Waals surface area contributed by atoms with Crippen molar-refractivity contribution in [1.82, 2.24) is 0 Å². The third-order valence-corrected chi connectivity index (χ3v) is 5.34. The lowest BCUT2D eigenvalue weighted by atomic mass is 10.1. The van der Waals surface area contributed by atoms with Crippen LogP contribution in [0.1, 0.15) is 16.7 Å². The molecule has 0 amide bonds. The number of hydrogen-bond donors (Lipinski definition) is 1. The molecule has 4 heteroatoms. The second-order valence-electron chi connectivity index (χ2n) is 2.83. The number of halogens is 3. The molecule has 0 atom stereocenters. The van der Waals surface area contributed by atoms with E-state index in [-0.39, 0.29) is 6.61 Å². The quantitative estimate of drug-likeness (QED) is 0.787. The van der Waals surface area contributed by atoms with Crippen LogP contribution in [0.4, 0.5) is 0 Å². The molecule has 72 valence electrons. The Morgan fingerprint density at radius 3 is 1.62 bits per heavy atom. The number of benzene rings is 1. The van der Waals surface area contributed by atoms with Crippen LogP contribution in [0.5, 0.6) is 0 Å². The largest absolute Gasteiger partial charge is 0.392 e. The van der Waals surface area contributed by atoms with Crippen LogP contribution in [0.2, 0.25) is 0 Å². The van der Waals surface area contributed by atoms with Gasteiger partial charge in [-0.15, -0.1) is 0 Å². The van der Waals surface area contributed by atoms with Crippen LogP contribution in [0.3, 0.4) is 0 Å². The average molecular weight is 373 g/mol. The third kappa shape index (κ3) is 2.01. The van der Waals surface area contributed by atoms with Gasteiger partial charge in [0.05, 0.1) is 6.61 Å². The van der Waals surface area contributed by atoms with E-state index < -0.39 is 0 Å². The van der Waals surface area contributed by atoms with Gasteiger partial charge < -0.3 is 5.11 Å². The Hall–Kier alpha value is 0.620. The van der Waals surface area contributed by atoms with Crippen LogP contribution >= 0.6 is 47.8 Å². The Balaban J connectivity index is 3.56. The van der Waals surface area contributed by atoms with E-state index in [2.05, 4.69) is 47.8 Å². The van der Waals surface area contributed by atoms with Gasteiger partial charge in [0.15, 0.2) is 0 Å². The smallest absolute Gasteiger partial charge is 0.0704 e. The first kappa shape index (κ1) is 11.7. The van der Waals surface area contributed by atoms with Gasteiger partial charge in [0.1, 0.15) is 0 Å². The zero-order valence-corrected chi connectivity index (χ0v) is 12.0. The van der Waals surface area contributed by atoms with E-state index in [4.69, 9.17) is 5.11 Å². The molecule has 0 saturated heterocycles. The molecule has 1 aromatic carbocycles. The molecule has 0 unspecified atom stereocenters. The monoisotopic (exact) mass is 370 g/mol. The molecule has 1 N–H and O–H groups in total. The van der Waals surface area contributed by atoms with E-state index in [1.807, 2.05) is 13.8 Å². The molecule has 0 aliphatic heterocycles. The van der Waals surface area contributed by atoms with Crippen molar-refractivity contribution in [2.24, 2.45) is 0 Å². The lowest BCUT2D eigenvalue weighted by Crippen LogP contribution is -1.95. The average Bonchev–Trinajstić information content (AvgIpc) is 2.13. The first-order valence-electron chi connectivity index (χ1n) is 3.74. The van der Waals surface area contributed by atoms with Crippen LogP contribution in [-0.2, 0) is 6.61 Å². The summed E-state index contributed by atoms with van der Waals surface area (Å²) >= 11 is 10.4. The predicted molar refractivity (Wildman–Crippen MR) is 64.9 cm³/mol. The Morgan fingerprint density at radius 1 is 0.923 bits per heavy atom. The highest BCUT2D eigenvalue weighted by Gasteiger charge is 2.13. The number of aliphatic hydroxyl groups excluding tert-OH is 1. The van der Waals surface area contributed by atoms with Gasteiger partial charge in [0.25, 0.3) is 0 Å². The summed E-state index contributed by atoms with van der Waals surface area (Å²) in [5.74, 6) is 0. The number of aliphatic hydroxyl groups is 1. The Morgan fingerprint density at radius 2 is 1.31 bits per heavy atom. The minimum absolute atomic E-state index is 0.0378. The fourth-order valence-electron chi connectivity index (χ4n) is 1.16. The molecule has 1 rings (SSSR count). The molecule has 0 spiro atoms. The molecule has 1 aromatic rings. The van der Waals surface area contributed by atoms with Gasteiger partial charge in [0.2, 0.25) is 0 Å². The molecule has 0 aromatic heterocycles. The predicted octanol–water partition coefficient (Wildman–Crippen LogP) is 4.08. The van der Waals surface area contributed by atoms with Crippen LogP contribution < -0.4 is 0 Å². The molecule has 13 heavy (non-hydrogen) atoms. The zero-order chi connectivity index (χ0) is 10.2. The van der Waals surface area contributed by atoms with E-state index >= 15 is 0 Å². The molecule has 0 fully saturated rings. The highest BCUT2D eigenvalue weighted by atomic mass is 79.9. The van der Waals surface area contributed by atoms with Crippen molar-refractivity contribution in [2.45, 2.75) is 20.5 Å². The summed E-state index contributed by atoms with van der Waals surface area (Å²) in [5, 5.41) is 9.16. The first-order chi connectivity index (χ1) is 6.00. The van der Waals surface area contributed by atoms with E-state index in [0.717, 1.165) is 30.1 Å². The standard InChI is InChI=1S/C9H9Br3O/c1-4-7(10)5(2)9(12)6(3-13)8(4)11/h13H,3H2,1-2H3. The van der Waals surface area contributed by atoms with E-state index in [0.29, 0.717) is 0 Å². The normalized spacial score (nSPS) is 10.6. The summed E-state index contributed by atoms with van der Waals surface area (Å²) in [6.45, 7) is 4.05. The summed E-state index contributed by atoms with van der Waals surface area (Å²) in [5.41, 5.74) is 3.13. The second kappa shape index (κ2) is 4.43. The van der Waals surface area contributed by atoms with Crippen LogP contribution in [-0.4, -0.2) is 5.11 Å². The van der Waals surface area contributed by atoms with Gasteiger partial charge in [-0.1, -0.05) is 47.8 Å². The summed E-state index contributed by atoms with van der Waals surface area (Å²) in [6, 6.07) is 0. The summed E-state index contributed by atoms with van der Waals surface area (Å²) in [6.07, 6.45) is 0. The van der Waals surface area contributed by atoms with Crippen molar-refractivity contribution in [3.8, 4) is 0 Å². The Labute approximate surface area is 103 Å². The van der Waals surface area contributed by atoms with Gasteiger partial charge in [-0.3, -0.25) is 0 Å². The molecule has 0 aliphatic rings. The van der Waals surface area contributed by atoms with Crippen molar-refractivity contribution >= 4 is 47.8 Å². The van der Waals surface area contributed by atoms with Crippen LogP contribution in [0.15, 0.2) is 13.4 Å². The molecule has 0 aliphatic carbocycles. The summed E-state index contributed by atoms with van der Waals surface area (Å²) in [4.78, 5) is 0. The lowest BCUT2D eigenvalue weighted by Gasteiger charge is -2.13. The van der Waals surface area contributed by atoms with Gasteiger partial charge in [-0.2, -0.15) is 0 Å². The van der Waals surface area contributed by atoms with Crippen molar-refractivity contribution in [3.63, 3.8) is 0 Å². The molecule has 1 nitrogen and oxygen atoms in total. The molecule has 0 bridgehead atoms. The Bertz CT molecular complexity index is 318. The highest BCUT2D eigenvalue weighted by Crippen LogP contribution is 2.37. The molecule has 0 heterocycles. The van der Waals surface area contributed by atoms with Gasteiger partial charge in [-0.25, -0.2) is 0 Å². The highest BCUT2D eigenvalue weighted by molar-refractivity contribution is 9.11. The minimum atomic E-state index is 0.0378. The molecular formula is C9H9Br3O. The van der Waals surface area contributed by atoms with Crippen LogP contribution in [0, 0.1) is 13.8 Å². The molecular weight excluding hydrogens is 364 g/mol. The number of rotatable bonds is 1. The van der Waals surface area contributed by atoms with Crippen LogP contribution in [0.25, 0.3) is 0 Å². The summed E-state index contributed by atoms with van der Waals surface area (Å²) < 4.78 is 2.99. The summed E-state index contributed by atoms with van der Waals surface area (Å²) in [7, 11) is 0. The van der Waals surface area contributed by atoms with Crippen molar-refractivity contribution in [2.75, 3.05) is 0 Å². The molecule has 0 radical (unpaired) electrons. The van der Waals surface area contributed by atoms with Crippen molar-refractivity contribution in [3.05, 3.63) is 30.1 Å². The lowest BCUT2D eigenvalue weighted by molar-refractivity contribution is 0.280. The maximum Gasteiger partial charge on any atom is 0.0704 e. The van der Waals surface area contributed by atoms with Gasteiger partial charge >= 0.3 is 0 Å². The number of hydrogen-bond acceptors (Lipinski definition) is 1. The first-order valence-corrected chi connectivity index (χ1v) is 6.12. The Kier molecular flexibility index (Phi) is 3.98. The second-order valence-corrected chi connectivity index (χ2v) is 5.21. The van der Waals surface area contributed by atoms with Gasteiger partial charge in [-0.05, 0) is 25.0 Å². The third-order valence-electron chi connectivity index (χ3n) is 2.00. The van der Waals surface area contributed by atoms with E-state index in [1.54, 1.807) is 0 Å². The SMILES string of the molecule is Cc1c(Br)c(C)c(Br)c(CO)c1Br. The van der Waals surface area contributed by atoms with E-state index in [1.165, 1.54) is 0 Å². The maximum atomic E-state index is 9.16. The van der Waals surface area contributed by atoms with Gasteiger partial charge in [0, 0.05) is 19.0 Å². The van der Waals surface area contributed by atoms with Crippen molar-refractivity contribution in [1.29, 1.82) is 0 Å².